The van der Waals surface area contributed by atoms with E-state index in [1.807, 2.05) is 48.5 Å². The van der Waals surface area contributed by atoms with Gasteiger partial charge in [0.1, 0.15) is 18.2 Å². The topological polar surface area (TPSA) is 33.0 Å². The summed E-state index contributed by atoms with van der Waals surface area (Å²) >= 11 is 7.05. The quantitative estimate of drug-likeness (QED) is 0.287. The summed E-state index contributed by atoms with van der Waals surface area (Å²) in [5.74, 6) is 0.374. The van der Waals surface area contributed by atoms with Crippen LogP contribution in [0.4, 0.5) is 4.39 Å². The second-order valence-corrected chi connectivity index (χ2v) is 7.47. The Morgan fingerprint density at radius 2 is 1.63 bits per heavy atom. The van der Waals surface area contributed by atoms with Gasteiger partial charge in [0.2, 0.25) is 0 Å². The van der Waals surface area contributed by atoms with Crippen LogP contribution >= 0.6 is 31.9 Å². The fourth-order valence-electron chi connectivity index (χ4n) is 2.50. The van der Waals surface area contributed by atoms with Gasteiger partial charge in [-0.25, -0.2) is 4.39 Å². The van der Waals surface area contributed by atoms with Crippen LogP contribution < -0.4 is 4.74 Å². The number of hydrogen-bond acceptors (Lipinski definition) is 2. The Morgan fingerprint density at radius 1 is 1.00 bits per heavy atom. The van der Waals surface area contributed by atoms with Crippen LogP contribution in [0.3, 0.4) is 0 Å². The van der Waals surface area contributed by atoms with Gasteiger partial charge in [-0.3, -0.25) is 0 Å². The molecule has 3 rings (SSSR count). The number of rotatable bonds is 5. The Kier molecular flexibility index (Phi) is 6.44. The van der Waals surface area contributed by atoms with E-state index in [1.54, 1.807) is 12.1 Å². The van der Waals surface area contributed by atoms with Gasteiger partial charge in [-0.05, 0) is 78.9 Å². The Morgan fingerprint density at radius 3 is 2.22 bits per heavy atom. The second kappa shape index (κ2) is 8.98. The molecule has 0 N–H and O–H groups in total. The van der Waals surface area contributed by atoms with Crippen molar-refractivity contribution in [3.8, 4) is 11.8 Å². The molecule has 0 unspecified atom stereocenters. The maximum absolute atomic E-state index is 13.0. The summed E-state index contributed by atoms with van der Waals surface area (Å²) in [4.78, 5) is 0. The van der Waals surface area contributed by atoms with Gasteiger partial charge in [-0.2, -0.15) is 5.26 Å². The maximum atomic E-state index is 13.0. The average Bonchev–Trinajstić information content (AvgIpc) is 2.67. The normalized spacial score (nSPS) is 11.1. The summed E-state index contributed by atoms with van der Waals surface area (Å²) in [6, 6.07) is 21.7. The monoisotopic (exact) mass is 485 g/mol. The Bertz CT molecular complexity index is 986. The molecule has 0 atom stereocenters. The third kappa shape index (κ3) is 5.06. The van der Waals surface area contributed by atoms with Crippen molar-refractivity contribution >= 4 is 43.5 Å². The van der Waals surface area contributed by atoms with Gasteiger partial charge in [0, 0.05) is 0 Å². The van der Waals surface area contributed by atoms with Crippen molar-refractivity contribution in [2.24, 2.45) is 0 Å². The van der Waals surface area contributed by atoms with Crippen LogP contribution in [0.1, 0.15) is 16.7 Å². The Labute approximate surface area is 174 Å². The fraction of sp³-hybridized carbons (Fsp3) is 0.0455. The number of benzene rings is 3. The predicted molar refractivity (Wildman–Crippen MR) is 113 cm³/mol. The molecule has 0 fully saturated rings. The molecule has 0 radical (unpaired) electrons. The van der Waals surface area contributed by atoms with Gasteiger partial charge in [0.15, 0.2) is 0 Å². The predicted octanol–water partition coefficient (Wildman–Crippen LogP) is 6.99. The molecular formula is C22H14Br2FNO. The molecule has 5 heteroatoms. The first kappa shape index (κ1) is 19.3. The van der Waals surface area contributed by atoms with E-state index >= 15 is 0 Å². The maximum Gasteiger partial charge on any atom is 0.148 e. The third-order valence-corrected chi connectivity index (χ3v) is 5.01. The van der Waals surface area contributed by atoms with Crippen LogP contribution in [0, 0.1) is 17.1 Å². The van der Waals surface area contributed by atoms with E-state index in [0.29, 0.717) is 17.9 Å². The molecule has 0 heterocycles. The minimum absolute atomic E-state index is 0.274. The molecule has 0 aliphatic rings. The summed E-state index contributed by atoms with van der Waals surface area (Å²) in [5.41, 5.74) is 3.18. The van der Waals surface area contributed by atoms with Gasteiger partial charge < -0.3 is 4.74 Å². The summed E-state index contributed by atoms with van der Waals surface area (Å²) in [6.07, 6.45) is 1.83. The molecule has 0 aromatic heterocycles. The standard InChI is InChI=1S/C22H14Br2FNO/c23-20-11-16(10-18(13-26)17-4-2-1-3-5-17)12-21(24)22(20)27-14-15-6-8-19(25)9-7-15/h1-12H,14H2/b18-10+. The number of nitrogens with zero attached hydrogens (tertiary/aromatic N) is 1. The minimum Gasteiger partial charge on any atom is -0.487 e. The first-order valence-corrected chi connectivity index (χ1v) is 9.69. The number of halogens is 3. The van der Waals surface area contributed by atoms with Crippen LogP contribution in [-0.4, -0.2) is 0 Å². The zero-order chi connectivity index (χ0) is 19.2. The van der Waals surface area contributed by atoms with Crippen LogP contribution in [0.15, 0.2) is 75.7 Å². The van der Waals surface area contributed by atoms with E-state index < -0.39 is 0 Å². The molecule has 0 saturated heterocycles. The molecule has 27 heavy (non-hydrogen) atoms. The van der Waals surface area contributed by atoms with Crippen molar-refractivity contribution in [1.29, 1.82) is 5.26 Å². The van der Waals surface area contributed by atoms with Crippen LogP contribution in [0.25, 0.3) is 11.6 Å². The highest BCUT2D eigenvalue weighted by atomic mass is 79.9. The van der Waals surface area contributed by atoms with Crippen LogP contribution in [-0.2, 0) is 6.61 Å². The second-order valence-electron chi connectivity index (χ2n) is 5.76. The van der Waals surface area contributed by atoms with Gasteiger partial charge in [-0.1, -0.05) is 42.5 Å². The van der Waals surface area contributed by atoms with Gasteiger partial charge in [-0.15, -0.1) is 0 Å². The van der Waals surface area contributed by atoms with Gasteiger partial charge >= 0.3 is 0 Å². The largest absolute Gasteiger partial charge is 0.487 e. The molecule has 3 aromatic rings. The van der Waals surface area contributed by atoms with Crippen LogP contribution in [0.5, 0.6) is 5.75 Å². The smallest absolute Gasteiger partial charge is 0.148 e. The number of ether oxygens (including phenoxy) is 1. The molecule has 0 spiro atoms. The minimum atomic E-state index is -0.274. The van der Waals surface area contributed by atoms with E-state index in [9.17, 15) is 9.65 Å². The zero-order valence-corrected chi connectivity index (χ0v) is 17.3. The fourth-order valence-corrected chi connectivity index (χ4v) is 3.95. The SMILES string of the molecule is N#C/C(=C\c1cc(Br)c(OCc2ccc(F)cc2)c(Br)c1)c1ccccc1. The van der Waals surface area contributed by atoms with Gasteiger partial charge in [0.05, 0.1) is 20.6 Å². The molecule has 0 saturated carbocycles. The van der Waals surface area contributed by atoms with Crippen molar-refractivity contribution in [3.05, 3.63) is 98.2 Å². The molecule has 0 amide bonds. The zero-order valence-electron chi connectivity index (χ0n) is 14.1. The lowest BCUT2D eigenvalue weighted by Crippen LogP contribution is -1.97. The lowest BCUT2D eigenvalue weighted by atomic mass is 10.0. The highest BCUT2D eigenvalue weighted by molar-refractivity contribution is 9.11. The first-order chi connectivity index (χ1) is 13.1. The van der Waals surface area contributed by atoms with E-state index in [1.165, 1.54) is 12.1 Å². The molecular weight excluding hydrogens is 473 g/mol. The van der Waals surface area contributed by atoms with E-state index in [2.05, 4.69) is 37.9 Å². The Hall–Kier alpha value is -2.42. The summed E-state index contributed by atoms with van der Waals surface area (Å²) < 4.78 is 20.4. The lowest BCUT2D eigenvalue weighted by molar-refractivity contribution is 0.302. The van der Waals surface area contributed by atoms with Crippen molar-refractivity contribution < 1.29 is 9.13 Å². The van der Waals surface area contributed by atoms with Gasteiger partial charge in [0.25, 0.3) is 0 Å². The third-order valence-electron chi connectivity index (χ3n) is 3.83. The van der Waals surface area contributed by atoms with E-state index in [-0.39, 0.29) is 5.82 Å². The molecule has 134 valence electrons. The van der Waals surface area contributed by atoms with E-state index in [0.717, 1.165) is 25.6 Å². The van der Waals surface area contributed by atoms with Crippen molar-refractivity contribution in [2.45, 2.75) is 6.61 Å². The molecule has 0 aliphatic heterocycles. The number of nitriles is 1. The van der Waals surface area contributed by atoms with Crippen molar-refractivity contribution in [1.82, 2.24) is 0 Å². The molecule has 3 aromatic carbocycles. The lowest BCUT2D eigenvalue weighted by Gasteiger charge is -2.12. The Balaban J connectivity index is 1.83. The summed E-state index contributed by atoms with van der Waals surface area (Å²) in [5, 5.41) is 9.47. The van der Waals surface area contributed by atoms with Crippen molar-refractivity contribution in [3.63, 3.8) is 0 Å². The summed E-state index contributed by atoms with van der Waals surface area (Å²) in [6.45, 7) is 0.320. The number of allylic oxidation sites excluding steroid dienone is 1. The molecule has 0 aliphatic carbocycles. The number of hydrogen-bond donors (Lipinski definition) is 0. The highest BCUT2D eigenvalue weighted by Gasteiger charge is 2.10. The molecule has 2 nitrogen and oxygen atoms in total. The highest BCUT2D eigenvalue weighted by Crippen LogP contribution is 2.36. The van der Waals surface area contributed by atoms with E-state index in [4.69, 9.17) is 4.74 Å². The van der Waals surface area contributed by atoms with Crippen molar-refractivity contribution in [2.75, 3.05) is 0 Å². The molecule has 0 bridgehead atoms. The van der Waals surface area contributed by atoms with Crippen LogP contribution in [0.2, 0.25) is 0 Å². The summed E-state index contributed by atoms with van der Waals surface area (Å²) in [7, 11) is 0. The first-order valence-electron chi connectivity index (χ1n) is 8.10. The average molecular weight is 487 g/mol.